The summed E-state index contributed by atoms with van der Waals surface area (Å²) in [5.41, 5.74) is 0.334. The highest BCUT2D eigenvalue weighted by atomic mass is 35.5. The number of halogens is 1. The molecule has 19 heavy (non-hydrogen) atoms. The van der Waals surface area contributed by atoms with Crippen molar-refractivity contribution in [2.24, 2.45) is 0 Å². The first-order valence-electron chi connectivity index (χ1n) is 5.70. The van der Waals surface area contributed by atoms with Gasteiger partial charge in [0, 0.05) is 5.56 Å². The molecule has 0 spiro atoms. The van der Waals surface area contributed by atoms with Crippen LogP contribution in [0.4, 0.5) is 0 Å². The van der Waals surface area contributed by atoms with Gasteiger partial charge < -0.3 is 14.9 Å². The second-order valence-corrected chi connectivity index (χ2v) is 4.37. The quantitative estimate of drug-likeness (QED) is 0.782. The van der Waals surface area contributed by atoms with Crippen molar-refractivity contribution >= 4 is 23.4 Å². The fourth-order valence-corrected chi connectivity index (χ4v) is 1.83. The van der Waals surface area contributed by atoms with Crippen molar-refractivity contribution in [1.29, 1.82) is 0 Å². The number of Topliss-reactive ketones (excluding diaryl/α,β-unsaturated/α-hetero) is 1. The summed E-state index contributed by atoms with van der Waals surface area (Å²) in [5, 5.41) is 17.6. The van der Waals surface area contributed by atoms with Crippen molar-refractivity contribution in [3.05, 3.63) is 29.3 Å². The van der Waals surface area contributed by atoms with Crippen molar-refractivity contribution < 1.29 is 24.5 Å². The van der Waals surface area contributed by atoms with E-state index in [-0.39, 0.29) is 16.9 Å². The van der Waals surface area contributed by atoms with E-state index in [2.05, 4.69) is 0 Å². The number of hydrogen-bond acceptors (Lipinski definition) is 4. The predicted molar refractivity (Wildman–Crippen MR) is 69.5 cm³/mol. The van der Waals surface area contributed by atoms with Crippen molar-refractivity contribution in [3.8, 4) is 5.75 Å². The summed E-state index contributed by atoms with van der Waals surface area (Å²) in [4.78, 5) is 22.2. The van der Waals surface area contributed by atoms with Gasteiger partial charge in [-0.2, -0.15) is 0 Å². The number of carbonyl (C=O) groups is 2. The Kier molecular flexibility index (Phi) is 5.32. The third-order valence-electron chi connectivity index (χ3n) is 2.53. The van der Waals surface area contributed by atoms with Gasteiger partial charge in [0.15, 0.2) is 11.9 Å². The number of alkyl halides is 1. The summed E-state index contributed by atoms with van der Waals surface area (Å²) in [6.45, 7) is 3.48. The Labute approximate surface area is 115 Å². The summed E-state index contributed by atoms with van der Waals surface area (Å²) < 4.78 is 5.24. The van der Waals surface area contributed by atoms with Gasteiger partial charge in [-0.3, -0.25) is 4.79 Å². The summed E-state index contributed by atoms with van der Waals surface area (Å²) in [7, 11) is 0. The van der Waals surface area contributed by atoms with Gasteiger partial charge in [-0.15, -0.1) is 11.6 Å². The molecule has 0 aliphatic carbocycles. The van der Waals surface area contributed by atoms with E-state index in [4.69, 9.17) is 21.4 Å². The molecule has 0 saturated carbocycles. The molecule has 2 atom stereocenters. The highest BCUT2D eigenvalue weighted by Crippen LogP contribution is 2.32. The first-order chi connectivity index (χ1) is 8.88. The Morgan fingerprint density at radius 3 is 2.47 bits per heavy atom. The standard InChI is InChI=1S/C13H15ClO5/c1-3-19-8-4-5-9(11(14)7(2)15)10(6-8)12(16)13(17)18/h4-6,11-12,16H,3H2,1-2H3,(H,17,18). The lowest BCUT2D eigenvalue weighted by atomic mass is 9.97. The number of hydrogen-bond donors (Lipinski definition) is 2. The van der Waals surface area contributed by atoms with Crippen LogP contribution in [0.2, 0.25) is 0 Å². The molecule has 0 fully saturated rings. The third-order valence-corrected chi connectivity index (χ3v) is 3.07. The van der Waals surface area contributed by atoms with Crippen LogP contribution in [-0.2, 0) is 9.59 Å². The zero-order valence-electron chi connectivity index (χ0n) is 10.6. The zero-order valence-corrected chi connectivity index (χ0v) is 11.3. The number of aliphatic carboxylic acids is 1. The normalized spacial score (nSPS) is 13.7. The van der Waals surface area contributed by atoms with Crippen LogP contribution in [0.3, 0.4) is 0 Å². The molecule has 0 aromatic heterocycles. The first kappa shape index (κ1) is 15.5. The van der Waals surface area contributed by atoms with Crippen LogP contribution in [-0.4, -0.2) is 28.6 Å². The molecule has 2 unspecified atom stereocenters. The Balaban J connectivity index is 3.29. The Morgan fingerprint density at radius 1 is 1.37 bits per heavy atom. The summed E-state index contributed by atoms with van der Waals surface area (Å²) in [6, 6.07) is 4.46. The molecule has 1 aromatic rings. The van der Waals surface area contributed by atoms with Crippen LogP contribution >= 0.6 is 11.6 Å². The minimum Gasteiger partial charge on any atom is -0.494 e. The maximum absolute atomic E-state index is 11.3. The lowest BCUT2D eigenvalue weighted by molar-refractivity contribution is -0.147. The summed E-state index contributed by atoms with van der Waals surface area (Å²) in [6.07, 6.45) is -1.75. The number of benzene rings is 1. The Hall–Kier alpha value is -1.59. The molecule has 1 aromatic carbocycles. The van der Waals surface area contributed by atoms with Crippen LogP contribution in [0.5, 0.6) is 5.75 Å². The number of carboxylic acids is 1. The fourth-order valence-electron chi connectivity index (χ4n) is 1.63. The SMILES string of the molecule is CCOc1ccc(C(Cl)C(C)=O)c(C(O)C(=O)O)c1. The Bertz CT molecular complexity index is 486. The maximum atomic E-state index is 11.3. The molecule has 0 bridgehead atoms. The molecule has 5 nitrogen and oxygen atoms in total. The minimum atomic E-state index is -1.75. The number of rotatable bonds is 6. The highest BCUT2D eigenvalue weighted by Gasteiger charge is 2.25. The van der Waals surface area contributed by atoms with Gasteiger partial charge in [0.25, 0.3) is 0 Å². The van der Waals surface area contributed by atoms with E-state index in [0.29, 0.717) is 12.4 Å². The van der Waals surface area contributed by atoms with E-state index in [0.717, 1.165) is 0 Å². The average molecular weight is 287 g/mol. The molecule has 0 heterocycles. The van der Waals surface area contributed by atoms with Crippen molar-refractivity contribution in [1.82, 2.24) is 0 Å². The van der Waals surface area contributed by atoms with Crippen LogP contribution in [0.1, 0.15) is 36.5 Å². The van der Waals surface area contributed by atoms with E-state index < -0.39 is 17.5 Å². The number of aliphatic hydroxyl groups is 1. The van der Waals surface area contributed by atoms with Gasteiger partial charge in [-0.25, -0.2) is 4.79 Å². The van der Waals surface area contributed by atoms with E-state index in [1.807, 2.05) is 0 Å². The van der Waals surface area contributed by atoms with Gasteiger partial charge >= 0.3 is 5.97 Å². The van der Waals surface area contributed by atoms with Crippen LogP contribution in [0.15, 0.2) is 18.2 Å². The van der Waals surface area contributed by atoms with Gasteiger partial charge in [-0.05, 0) is 31.5 Å². The van der Waals surface area contributed by atoms with Gasteiger partial charge in [0.2, 0.25) is 0 Å². The number of carboxylic acid groups (broad SMARTS) is 1. The smallest absolute Gasteiger partial charge is 0.337 e. The molecule has 0 aliphatic rings. The van der Waals surface area contributed by atoms with Crippen molar-refractivity contribution in [2.75, 3.05) is 6.61 Å². The molecule has 104 valence electrons. The van der Waals surface area contributed by atoms with Crippen LogP contribution in [0, 0.1) is 0 Å². The second kappa shape index (κ2) is 6.54. The largest absolute Gasteiger partial charge is 0.494 e. The number of ether oxygens (including phenoxy) is 1. The average Bonchev–Trinajstić information content (AvgIpc) is 2.37. The highest BCUT2D eigenvalue weighted by molar-refractivity contribution is 6.31. The zero-order chi connectivity index (χ0) is 14.6. The summed E-state index contributed by atoms with van der Waals surface area (Å²) in [5.74, 6) is -1.33. The van der Waals surface area contributed by atoms with E-state index in [1.54, 1.807) is 13.0 Å². The molecule has 0 amide bonds. The van der Waals surface area contributed by atoms with E-state index in [1.165, 1.54) is 19.1 Å². The predicted octanol–water partition coefficient (Wildman–Crippen LogP) is 2.07. The molecule has 6 heteroatoms. The monoisotopic (exact) mass is 286 g/mol. The number of aliphatic hydroxyl groups excluding tert-OH is 1. The lowest BCUT2D eigenvalue weighted by Crippen LogP contribution is -2.15. The van der Waals surface area contributed by atoms with Gasteiger partial charge in [-0.1, -0.05) is 6.07 Å². The topological polar surface area (TPSA) is 83.8 Å². The van der Waals surface area contributed by atoms with Gasteiger partial charge in [0.05, 0.1) is 6.61 Å². The lowest BCUT2D eigenvalue weighted by Gasteiger charge is -2.16. The molecular weight excluding hydrogens is 272 g/mol. The van der Waals surface area contributed by atoms with Crippen LogP contribution < -0.4 is 4.74 Å². The maximum Gasteiger partial charge on any atom is 0.337 e. The second-order valence-electron chi connectivity index (χ2n) is 3.94. The molecule has 0 radical (unpaired) electrons. The number of ketones is 1. The molecule has 0 aliphatic heterocycles. The number of carbonyl (C=O) groups excluding carboxylic acids is 1. The van der Waals surface area contributed by atoms with Crippen molar-refractivity contribution in [2.45, 2.75) is 25.3 Å². The van der Waals surface area contributed by atoms with E-state index in [9.17, 15) is 14.7 Å². The minimum absolute atomic E-state index is 0.0636. The van der Waals surface area contributed by atoms with Crippen LogP contribution in [0.25, 0.3) is 0 Å². The molecular formula is C13H15ClO5. The fraction of sp³-hybridized carbons (Fsp3) is 0.385. The van der Waals surface area contributed by atoms with E-state index >= 15 is 0 Å². The first-order valence-corrected chi connectivity index (χ1v) is 6.14. The Morgan fingerprint density at radius 2 is 2.00 bits per heavy atom. The van der Waals surface area contributed by atoms with Gasteiger partial charge in [0.1, 0.15) is 11.1 Å². The molecule has 0 saturated heterocycles. The molecule has 2 N–H and O–H groups in total. The third kappa shape index (κ3) is 3.68. The summed E-state index contributed by atoms with van der Waals surface area (Å²) >= 11 is 5.93. The van der Waals surface area contributed by atoms with Crippen molar-refractivity contribution in [3.63, 3.8) is 0 Å². The molecule has 1 rings (SSSR count).